The Hall–Kier alpha value is -4.34. The zero-order chi connectivity index (χ0) is 30.7. The second kappa shape index (κ2) is 12.7. The minimum Gasteiger partial charge on any atom is -0.456 e. The van der Waals surface area contributed by atoms with E-state index in [0.29, 0.717) is 24.2 Å². The maximum Gasteiger partial charge on any atom is 0.150 e. The fourth-order valence-corrected chi connectivity index (χ4v) is 6.25. The lowest BCUT2D eigenvalue weighted by Gasteiger charge is -2.14. The van der Waals surface area contributed by atoms with Crippen molar-refractivity contribution in [3.63, 3.8) is 0 Å². The van der Waals surface area contributed by atoms with Crippen LogP contribution >= 0.6 is 11.3 Å². The number of pyridine rings is 2. The van der Waals surface area contributed by atoms with E-state index in [1.807, 2.05) is 18.3 Å². The first-order valence-corrected chi connectivity index (χ1v) is 15.5. The monoisotopic (exact) mass is 611 g/mol. The van der Waals surface area contributed by atoms with Gasteiger partial charge in [-0.15, -0.1) is 11.3 Å². The number of Topliss-reactive ketones (excluding diaryl/α,β-unsaturated/α-hetero) is 2. The summed E-state index contributed by atoms with van der Waals surface area (Å²) >= 11 is 1.50. The van der Waals surface area contributed by atoms with Gasteiger partial charge in [-0.3, -0.25) is 19.6 Å². The number of ether oxygens (including phenoxy) is 1. The van der Waals surface area contributed by atoms with Gasteiger partial charge >= 0.3 is 0 Å². The van der Waals surface area contributed by atoms with Gasteiger partial charge in [0.1, 0.15) is 23.1 Å². The highest BCUT2D eigenvalue weighted by atomic mass is 32.1. The van der Waals surface area contributed by atoms with E-state index in [-0.39, 0.29) is 41.5 Å². The number of carbonyl (C=O) groups is 2. The Morgan fingerprint density at radius 2 is 1.70 bits per heavy atom. The third kappa shape index (κ3) is 6.44. The number of carbonyl (C=O) groups excluding carboxylic acids is 2. The minimum atomic E-state index is -1.09. The lowest BCUT2D eigenvalue weighted by atomic mass is 9.88. The van der Waals surface area contributed by atoms with Gasteiger partial charge < -0.3 is 10.1 Å². The molecule has 0 amide bonds. The molecule has 6 rings (SSSR count). The number of nitrogens with one attached hydrogen (secondary N) is 1. The molecule has 224 valence electrons. The molecule has 1 saturated carbocycles. The van der Waals surface area contributed by atoms with Gasteiger partial charge in [-0.2, -0.15) is 0 Å². The molecule has 1 aliphatic carbocycles. The lowest BCUT2D eigenvalue weighted by Crippen LogP contribution is -2.29. The Morgan fingerprint density at radius 3 is 2.41 bits per heavy atom. The summed E-state index contributed by atoms with van der Waals surface area (Å²) in [6.45, 7) is 3.86. The van der Waals surface area contributed by atoms with E-state index in [4.69, 9.17) is 4.74 Å². The first-order valence-electron chi connectivity index (χ1n) is 14.7. The topological polar surface area (TPSA) is 81.2 Å². The highest BCUT2D eigenvalue weighted by molar-refractivity contribution is 7.22. The first kappa shape index (κ1) is 29.7. The molecule has 0 bridgehead atoms. The predicted molar refractivity (Wildman–Crippen MR) is 167 cm³/mol. The summed E-state index contributed by atoms with van der Waals surface area (Å²) in [5, 5.41) is 3.37. The fraction of sp³-hybridized carbons (Fsp3) is 0.257. The van der Waals surface area contributed by atoms with Crippen molar-refractivity contribution in [2.45, 2.75) is 45.6 Å². The largest absolute Gasteiger partial charge is 0.456 e. The normalized spacial score (nSPS) is 13.6. The number of rotatable bonds is 13. The van der Waals surface area contributed by atoms with Gasteiger partial charge in [-0.1, -0.05) is 31.2 Å². The van der Waals surface area contributed by atoms with Crippen molar-refractivity contribution in [2.24, 2.45) is 5.41 Å². The smallest absolute Gasteiger partial charge is 0.150 e. The number of hydrogen-bond acceptors (Lipinski definition) is 7. The average Bonchev–Trinajstić information content (AvgIpc) is 3.73. The van der Waals surface area contributed by atoms with Crippen molar-refractivity contribution in [2.75, 3.05) is 6.54 Å². The minimum absolute atomic E-state index is 0.0457. The van der Waals surface area contributed by atoms with Crippen LogP contribution in [0, 0.1) is 17.0 Å². The Bertz CT molecular complexity index is 1820. The van der Waals surface area contributed by atoms with Crippen LogP contribution in [0.4, 0.5) is 8.78 Å². The average molecular weight is 612 g/mol. The SMILES string of the molecule is CCCNCc1ccc(-c2cc3nccc(Oc4ccc(CC(=O)C5(C(=O)Cc6ccc(F)cc6)CC5)c(F)c4)c3s2)nc1. The number of nitrogens with zero attached hydrogens (tertiary/aromatic N) is 2. The molecule has 0 spiro atoms. The standard InChI is InChI=1S/C35H31F2N3O3S/c1-2-14-38-20-23-5-10-28(40-21-23)31-19-29-34(44-31)30(11-15-39-29)43-26-9-6-24(27(37)18-26)17-33(42)35(12-13-35)32(41)16-22-3-7-25(36)8-4-22/h3-11,15,18-19,21,38H,2,12-14,16-17,20H2,1H3. The molecule has 0 aliphatic heterocycles. The molecule has 1 N–H and O–H groups in total. The van der Waals surface area contributed by atoms with E-state index in [1.54, 1.807) is 30.5 Å². The van der Waals surface area contributed by atoms with Crippen molar-refractivity contribution in [1.29, 1.82) is 0 Å². The zero-order valence-corrected chi connectivity index (χ0v) is 25.1. The summed E-state index contributed by atoms with van der Waals surface area (Å²) < 4.78 is 35.3. The van der Waals surface area contributed by atoms with Crippen molar-refractivity contribution >= 4 is 33.1 Å². The van der Waals surface area contributed by atoms with E-state index >= 15 is 4.39 Å². The van der Waals surface area contributed by atoms with Gasteiger partial charge in [-0.25, -0.2) is 8.78 Å². The third-order valence-corrected chi connectivity index (χ3v) is 9.07. The van der Waals surface area contributed by atoms with Gasteiger partial charge in [0, 0.05) is 43.9 Å². The van der Waals surface area contributed by atoms with Crippen LogP contribution in [0.2, 0.25) is 0 Å². The molecule has 2 aromatic carbocycles. The highest BCUT2D eigenvalue weighted by Gasteiger charge is 2.54. The zero-order valence-electron chi connectivity index (χ0n) is 24.2. The van der Waals surface area contributed by atoms with Crippen molar-refractivity contribution in [3.8, 4) is 22.1 Å². The molecular weight excluding hydrogens is 580 g/mol. The van der Waals surface area contributed by atoms with Gasteiger partial charge in [0.05, 0.1) is 26.2 Å². The summed E-state index contributed by atoms with van der Waals surface area (Å²) in [7, 11) is 0. The van der Waals surface area contributed by atoms with E-state index < -0.39 is 11.2 Å². The van der Waals surface area contributed by atoms with Crippen LogP contribution in [-0.2, 0) is 29.0 Å². The molecule has 0 saturated heterocycles. The van der Waals surface area contributed by atoms with Crippen LogP contribution in [0.1, 0.15) is 42.9 Å². The van der Waals surface area contributed by atoms with Gasteiger partial charge in [0.25, 0.3) is 0 Å². The highest BCUT2D eigenvalue weighted by Crippen LogP contribution is 2.49. The summed E-state index contributed by atoms with van der Waals surface area (Å²) in [5.74, 6) is -0.633. The van der Waals surface area contributed by atoms with Crippen LogP contribution in [0.5, 0.6) is 11.5 Å². The number of halogens is 2. The molecule has 1 fully saturated rings. The van der Waals surface area contributed by atoms with E-state index in [1.165, 1.54) is 35.6 Å². The van der Waals surface area contributed by atoms with Crippen LogP contribution < -0.4 is 10.1 Å². The maximum atomic E-state index is 15.2. The number of benzene rings is 2. The quantitative estimate of drug-likeness (QED) is 0.109. The van der Waals surface area contributed by atoms with E-state index in [0.717, 1.165) is 45.9 Å². The second-order valence-electron chi connectivity index (χ2n) is 11.1. The molecule has 6 nitrogen and oxygen atoms in total. The van der Waals surface area contributed by atoms with Crippen LogP contribution in [0.25, 0.3) is 20.8 Å². The molecule has 9 heteroatoms. The Morgan fingerprint density at radius 1 is 0.932 bits per heavy atom. The van der Waals surface area contributed by atoms with Crippen LogP contribution in [0.15, 0.2) is 79.1 Å². The number of hydrogen-bond donors (Lipinski definition) is 1. The molecule has 3 heterocycles. The Balaban J connectivity index is 1.13. The van der Waals surface area contributed by atoms with Crippen LogP contribution in [-0.4, -0.2) is 28.1 Å². The van der Waals surface area contributed by atoms with Crippen molar-refractivity contribution in [3.05, 3.63) is 107 Å². The van der Waals surface area contributed by atoms with Crippen molar-refractivity contribution < 1.29 is 23.1 Å². The third-order valence-electron chi connectivity index (χ3n) is 7.91. The molecule has 0 atom stereocenters. The molecular formula is C35H31F2N3O3S. The number of ketones is 2. The summed E-state index contributed by atoms with van der Waals surface area (Å²) in [5.41, 5.74) is 2.47. The summed E-state index contributed by atoms with van der Waals surface area (Å²) in [6, 6.07) is 17.8. The van der Waals surface area contributed by atoms with Gasteiger partial charge in [0.15, 0.2) is 11.6 Å². The number of thiophene rings is 1. The number of aromatic nitrogens is 2. The number of fused-ring (bicyclic) bond motifs is 1. The Kier molecular flexibility index (Phi) is 8.59. The molecule has 44 heavy (non-hydrogen) atoms. The molecule has 0 radical (unpaired) electrons. The predicted octanol–water partition coefficient (Wildman–Crippen LogP) is 7.63. The fourth-order valence-electron chi connectivity index (χ4n) is 5.20. The molecule has 5 aromatic rings. The molecule has 1 aliphatic rings. The summed E-state index contributed by atoms with van der Waals surface area (Å²) in [4.78, 5) is 36.2. The summed E-state index contributed by atoms with van der Waals surface area (Å²) in [6.07, 6.45) is 5.35. The first-order chi connectivity index (χ1) is 21.3. The second-order valence-corrected chi connectivity index (χ2v) is 12.2. The van der Waals surface area contributed by atoms with Crippen molar-refractivity contribution in [1.82, 2.24) is 15.3 Å². The maximum absolute atomic E-state index is 15.2. The van der Waals surface area contributed by atoms with E-state index in [9.17, 15) is 14.0 Å². The van der Waals surface area contributed by atoms with Gasteiger partial charge in [0.2, 0.25) is 0 Å². The van der Waals surface area contributed by atoms with E-state index in [2.05, 4.69) is 28.3 Å². The lowest BCUT2D eigenvalue weighted by molar-refractivity contribution is -0.133. The Labute approximate surface area is 258 Å². The molecule has 0 unspecified atom stereocenters. The van der Waals surface area contributed by atoms with Crippen LogP contribution in [0.3, 0.4) is 0 Å². The van der Waals surface area contributed by atoms with Gasteiger partial charge in [-0.05, 0) is 72.8 Å². The molecule has 3 aromatic heterocycles.